The lowest BCUT2D eigenvalue weighted by molar-refractivity contribution is 0.312. The molecule has 10 nitrogen and oxygen atoms in total. The van der Waals surface area contributed by atoms with Crippen molar-refractivity contribution in [1.29, 1.82) is 0 Å². The van der Waals surface area contributed by atoms with Crippen molar-refractivity contribution in [2.75, 3.05) is 73.0 Å². The van der Waals surface area contributed by atoms with Crippen LogP contribution in [-0.2, 0) is 6.42 Å². The number of anilines is 6. The smallest absolute Gasteiger partial charge is 0.229 e. The molecule has 0 atom stereocenters. The molecule has 1 aliphatic heterocycles. The molecule has 0 radical (unpaired) electrons. The first-order valence-corrected chi connectivity index (χ1v) is 15.2. The van der Waals surface area contributed by atoms with Crippen molar-refractivity contribution in [3.8, 4) is 5.75 Å². The normalized spacial score (nSPS) is 13.9. The number of piperazine rings is 1. The number of methoxy groups -OCH3 is 1. The zero-order valence-corrected chi connectivity index (χ0v) is 25.5. The first-order valence-electron chi connectivity index (χ1n) is 14.0. The number of hydrogen-bond donors (Lipinski definition) is 2. The minimum absolute atomic E-state index is 0.491. The Morgan fingerprint density at radius 2 is 1.78 bits per heavy atom. The molecule has 1 saturated heterocycles. The summed E-state index contributed by atoms with van der Waals surface area (Å²) in [5.41, 5.74) is 7.85. The van der Waals surface area contributed by atoms with Crippen molar-refractivity contribution in [2.45, 2.75) is 27.2 Å². The van der Waals surface area contributed by atoms with Crippen molar-refractivity contribution in [3.05, 3.63) is 54.0 Å². The van der Waals surface area contributed by atoms with Gasteiger partial charge in [-0.3, -0.25) is 9.97 Å². The van der Waals surface area contributed by atoms with Crippen molar-refractivity contribution in [2.24, 2.45) is 0 Å². The van der Waals surface area contributed by atoms with Crippen LogP contribution in [-0.4, -0.2) is 78.0 Å². The predicted molar refractivity (Wildman–Crippen MR) is 171 cm³/mol. The van der Waals surface area contributed by atoms with Crippen LogP contribution in [0.5, 0.6) is 5.75 Å². The van der Waals surface area contributed by atoms with Gasteiger partial charge in [0.15, 0.2) is 0 Å². The Morgan fingerprint density at radius 3 is 2.49 bits per heavy atom. The molecule has 41 heavy (non-hydrogen) atoms. The van der Waals surface area contributed by atoms with Gasteiger partial charge in [-0.1, -0.05) is 18.9 Å². The Kier molecular flexibility index (Phi) is 8.94. The van der Waals surface area contributed by atoms with Crippen LogP contribution in [0.15, 0.2) is 42.9 Å². The topological polar surface area (TPSA) is 94.6 Å². The van der Waals surface area contributed by atoms with E-state index in [1.165, 1.54) is 11.3 Å². The van der Waals surface area contributed by atoms with Crippen LogP contribution in [0.2, 0.25) is 0 Å². The molecule has 2 aromatic heterocycles. The van der Waals surface area contributed by atoms with Crippen LogP contribution < -0.4 is 24.6 Å². The quantitative estimate of drug-likeness (QED) is 0.231. The third kappa shape index (κ3) is 6.11. The fourth-order valence-electron chi connectivity index (χ4n) is 5.14. The molecule has 3 heterocycles. The van der Waals surface area contributed by atoms with Gasteiger partial charge in [0.25, 0.3) is 0 Å². The number of likely N-dealkylation sites (N-methyl/N-ethyl adjacent to an activating group) is 1. The van der Waals surface area contributed by atoms with Crippen LogP contribution in [0.4, 0.5) is 34.5 Å². The molecule has 0 spiro atoms. The zero-order valence-electron chi connectivity index (χ0n) is 24.7. The number of benzene rings is 2. The number of aromatic nitrogens is 4. The van der Waals surface area contributed by atoms with Gasteiger partial charge in [-0.25, -0.2) is 4.98 Å². The van der Waals surface area contributed by atoms with E-state index in [2.05, 4.69) is 79.0 Å². The Morgan fingerprint density at radius 1 is 1.00 bits per heavy atom. The molecular formula is C30H39N9OS. The van der Waals surface area contributed by atoms with E-state index < -0.39 is 0 Å². The summed E-state index contributed by atoms with van der Waals surface area (Å²) in [7, 11) is 3.88. The van der Waals surface area contributed by atoms with Crippen molar-refractivity contribution in [3.63, 3.8) is 0 Å². The minimum atomic E-state index is 0.491. The van der Waals surface area contributed by atoms with E-state index in [9.17, 15) is 0 Å². The van der Waals surface area contributed by atoms with Gasteiger partial charge >= 0.3 is 0 Å². The number of fused-ring (bicyclic) bond motifs is 1. The highest BCUT2D eigenvalue weighted by Crippen LogP contribution is 2.38. The molecule has 5 rings (SSSR count). The Labute approximate surface area is 246 Å². The van der Waals surface area contributed by atoms with Gasteiger partial charge in [0.1, 0.15) is 17.1 Å². The van der Waals surface area contributed by atoms with Gasteiger partial charge in [-0.15, -0.1) is 0 Å². The predicted octanol–water partition coefficient (Wildman–Crippen LogP) is 5.64. The van der Waals surface area contributed by atoms with E-state index in [0.717, 1.165) is 78.6 Å². The summed E-state index contributed by atoms with van der Waals surface area (Å²) in [6.07, 6.45) is 8.26. The SMILES string of the molecule is CCc1cc(Nc2ncc(C)c(Nc3ccc4nccnc4c3N(CC)SC)n2)c(OC)cc1N1CCN(C)CC1. The number of nitrogens with one attached hydrogen (secondary N) is 2. The fraction of sp³-hybridized carbons (Fsp3) is 0.400. The lowest BCUT2D eigenvalue weighted by Gasteiger charge is -2.35. The summed E-state index contributed by atoms with van der Waals surface area (Å²) >= 11 is 1.65. The standard InChI is InChI=1S/C30H39N9OS/c1-7-21-17-24(26(40-5)18-25(21)38-15-13-37(4)14-16-38)35-30-33-19-20(3)29(36-30)34-23-10-9-22-27(32-12-11-31-22)28(23)39(8-2)41-6/h9-12,17-19H,7-8,13-16H2,1-6H3,(H2,33,34,35,36). The van der Waals surface area contributed by atoms with E-state index in [1.54, 1.807) is 31.5 Å². The maximum atomic E-state index is 5.84. The van der Waals surface area contributed by atoms with Gasteiger partial charge in [0.2, 0.25) is 5.95 Å². The fourth-order valence-corrected chi connectivity index (χ4v) is 5.76. The zero-order chi connectivity index (χ0) is 28.9. The van der Waals surface area contributed by atoms with Crippen molar-refractivity contribution in [1.82, 2.24) is 24.8 Å². The van der Waals surface area contributed by atoms with Crippen LogP contribution in [0.25, 0.3) is 11.0 Å². The Hall–Kier alpha value is -3.83. The third-order valence-corrected chi connectivity index (χ3v) is 8.35. The van der Waals surface area contributed by atoms with Gasteiger partial charge in [-0.05, 0) is 51.1 Å². The number of nitrogens with zero attached hydrogens (tertiary/aromatic N) is 7. The summed E-state index contributed by atoms with van der Waals surface area (Å²) < 4.78 is 8.04. The van der Waals surface area contributed by atoms with Gasteiger partial charge < -0.3 is 29.5 Å². The lowest BCUT2D eigenvalue weighted by Crippen LogP contribution is -2.44. The van der Waals surface area contributed by atoms with E-state index >= 15 is 0 Å². The Balaban J connectivity index is 1.47. The monoisotopic (exact) mass is 573 g/mol. The largest absolute Gasteiger partial charge is 0.494 e. The second-order valence-electron chi connectivity index (χ2n) is 10.1. The van der Waals surface area contributed by atoms with Gasteiger partial charge in [0, 0.05) is 74.9 Å². The molecule has 0 unspecified atom stereocenters. The highest BCUT2D eigenvalue weighted by Gasteiger charge is 2.21. The maximum absolute atomic E-state index is 5.84. The number of hydrogen-bond acceptors (Lipinski definition) is 11. The Bertz CT molecular complexity index is 1500. The molecule has 11 heteroatoms. The molecule has 0 saturated carbocycles. The molecule has 0 bridgehead atoms. The molecule has 2 N–H and O–H groups in total. The highest BCUT2D eigenvalue weighted by atomic mass is 32.2. The molecule has 0 amide bonds. The molecule has 4 aromatic rings. The van der Waals surface area contributed by atoms with E-state index in [-0.39, 0.29) is 0 Å². The van der Waals surface area contributed by atoms with E-state index in [4.69, 9.17) is 9.72 Å². The average molecular weight is 574 g/mol. The molecule has 0 aliphatic carbocycles. The van der Waals surface area contributed by atoms with Gasteiger partial charge in [0.05, 0.1) is 29.7 Å². The number of aryl methyl sites for hydroxylation is 2. The third-order valence-electron chi connectivity index (χ3n) is 7.47. The number of rotatable bonds is 10. The molecular weight excluding hydrogens is 534 g/mol. The highest BCUT2D eigenvalue weighted by molar-refractivity contribution is 8.00. The van der Waals surface area contributed by atoms with E-state index in [1.807, 2.05) is 25.3 Å². The van der Waals surface area contributed by atoms with E-state index in [0.29, 0.717) is 11.8 Å². The van der Waals surface area contributed by atoms with Crippen molar-refractivity contribution >= 4 is 57.5 Å². The second-order valence-corrected chi connectivity index (χ2v) is 10.9. The summed E-state index contributed by atoms with van der Waals surface area (Å²) in [6, 6.07) is 8.33. The molecule has 1 aliphatic rings. The first kappa shape index (κ1) is 28.7. The van der Waals surface area contributed by atoms with Crippen molar-refractivity contribution < 1.29 is 4.74 Å². The number of ether oxygens (including phenoxy) is 1. The lowest BCUT2D eigenvalue weighted by atomic mass is 10.1. The molecule has 2 aromatic carbocycles. The summed E-state index contributed by atoms with van der Waals surface area (Å²) in [4.78, 5) is 23.5. The average Bonchev–Trinajstić information content (AvgIpc) is 3.00. The van der Waals surface area contributed by atoms with Crippen LogP contribution >= 0.6 is 11.9 Å². The maximum Gasteiger partial charge on any atom is 0.229 e. The molecule has 216 valence electrons. The van der Waals surface area contributed by atoms with Crippen LogP contribution in [0.3, 0.4) is 0 Å². The van der Waals surface area contributed by atoms with Gasteiger partial charge in [-0.2, -0.15) is 4.98 Å². The summed E-state index contributed by atoms with van der Waals surface area (Å²) in [5, 5.41) is 6.99. The van der Waals surface area contributed by atoms with Crippen LogP contribution in [0, 0.1) is 6.92 Å². The second kappa shape index (κ2) is 12.8. The minimum Gasteiger partial charge on any atom is -0.494 e. The summed E-state index contributed by atoms with van der Waals surface area (Å²) in [6.45, 7) is 11.2. The van der Waals surface area contributed by atoms with Crippen LogP contribution in [0.1, 0.15) is 25.0 Å². The summed E-state index contributed by atoms with van der Waals surface area (Å²) in [5.74, 6) is 1.97. The first-order chi connectivity index (χ1) is 19.9. The molecule has 1 fully saturated rings.